The first-order valence-corrected chi connectivity index (χ1v) is 9.69. The van der Waals surface area contributed by atoms with Crippen LogP contribution in [0.3, 0.4) is 0 Å². The van der Waals surface area contributed by atoms with Crippen LogP contribution in [0.5, 0.6) is 5.75 Å². The highest BCUT2D eigenvalue weighted by Gasteiger charge is 2.14. The minimum atomic E-state index is -0.288. The van der Waals surface area contributed by atoms with E-state index in [4.69, 9.17) is 9.47 Å². The van der Waals surface area contributed by atoms with E-state index in [0.717, 1.165) is 36.3 Å². The van der Waals surface area contributed by atoms with E-state index in [1.54, 1.807) is 29.0 Å². The average molecular weight is 394 g/mol. The molecule has 3 aromatic rings. The van der Waals surface area contributed by atoms with Crippen molar-refractivity contribution in [3.63, 3.8) is 0 Å². The highest BCUT2D eigenvalue weighted by atomic mass is 19.1. The van der Waals surface area contributed by atoms with Gasteiger partial charge in [-0.25, -0.2) is 4.39 Å². The van der Waals surface area contributed by atoms with Gasteiger partial charge in [-0.05, 0) is 54.4 Å². The molecule has 0 aliphatic carbocycles. The van der Waals surface area contributed by atoms with Gasteiger partial charge in [0.25, 0.3) is 5.56 Å². The molecule has 2 heterocycles. The van der Waals surface area contributed by atoms with E-state index >= 15 is 0 Å². The number of halogens is 1. The van der Waals surface area contributed by atoms with Gasteiger partial charge in [-0.15, -0.1) is 0 Å². The van der Waals surface area contributed by atoms with E-state index < -0.39 is 0 Å². The Morgan fingerprint density at radius 1 is 1.00 bits per heavy atom. The van der Waals surface area contributed by atoms with Crippen LogP contribution in [0.2, 0.25) is 0 Å². The quantitative estimate of drug-likeness (QED) is 0.667. The lowest BCUT2D eigenvalue weighted by molar-refractivity contribution is 0.0542. The Labute approximate surface area is 168 Å². The van der Waals surface area contributed by atoms with Gasteiger partial charge in [0.1, 0.15) is 18.2 Å². The zero-order valence-corrected chi connectivity index (χ0v) is 16.0. The van der Waals surface area contributed by atoms with Crippen molar-refractivity contribution in [1.29, 1.82) is 0 Å². The summed E-state index contributed by atoms with van der Waals surface area (Å²) in [5.41, 5.74) is 2.52. The van der Waals surface area contributed by atoms with Crippen LogP contribution in [0.15, 0.2) is 71.7 Å². The largest absolute Gasteiger partial charge is 0.489 e. The lowest BCUT2D eigenvalue weighted by atomic mass is 10.2. The van der Waals surface area contributed by atoms with Gasteiger partial charge in [0, 0.05) is 24.5 Å². The molecule has 1 aliphatic rings. The number of hydrogen-bond acceptors (Lipinski definition) is 4. The first kappa shape index (κ1) is 19.4. The molecule has 1 atom stereocenters. The summed E-state index contributed by atoms with van der Waals surface area (Å²) in [6.45, 7) is 2.76. The molecule has 0 bridgehead atoms. The van der Waals surface area contributed by atoms with Crippen LogP contribution < -0.4 is 15.6 Å². The fraction of sp³-hybridized carbons (Fsp3) is 0.261. The van der Waals surface area contributed by atoms with Crippen LogP contribution in [0.25, 0.3) is 5.69 Å². The van der Waals surface area contributed by atoms with Crippen molar-refractivity contribution < 1.29 is 13.9 Å². The van der Waals surface area contributed by atoms with Gasteiger partial charge in [-0.1, -0.05) is 24.3 Å². The molecule has 0 amide bonds. The highest BCUT2D eigenvalue weighted by molar-refractivity contribution is 5.36. The Hall–Kier alpha value is -2.96. The number of aromatic nitrogens is 1. The Morgan fingerprint density at radius 2 is 1.72 bits per heavy atom. The average Bonchev–Trinajstić information content (AvgIpc) is 3.26. The number of nitrogens with one attached hydrogen (secondary N) is 1. The van der Waals surface area contributed by atoms with Crippen molar-refractivity contribution >= 4 is 0 Å². The lowest BCUT2D eigenvalue weighted by Gasteiger charge is -2.12. The molecule has 1 saturated heterocycles. The zero-order valence-electron chi connectivity index (χ0n) is 16.0. The number of hydrogen-bond donors (Lipinski definition) is 1. The summed E-state index contributed by atoms with van der Waals surface area (Å²) in [6, 6.07) is 17.1. The van der Waals surface area contributed by atoms with Crippen LogP contribution in [-0.4, -0.2) is 23.8 Å². The van der Waals surface area contributed by atoms with Crippen molar-refractivity contribution in [2.24, 2.45) is 0 Å². The predicted octanol–water partition coefficient (Wildman–Crippen LogP) is 3.43. The zero-order chi connectivity index (χ0) is 20.1. The SMILES string of the molecule is O=c1cc(OCc2ccc(F)cc2)ccn1-c1ccc(CO[C@@H]2CCNC2)cc1. The van der Waals surface area contributed by atoms with Crippen LogP contribution >= 0.6 is 0 Å². The third-order valence-electron chi connectivity index (χ3n) is 4.93. The third kappa shape index (κ3) is 5.10. The summed E-state index contributed by atoms with van der Waals surface area (Å²) in [4.78, 5) is 12.5. The maximum atomic E-state index is 13.0. The molecule has 1 aromatic heterocycles. The molecular weight excluding hydrogens is 371 g/mol. The maximum Gasteiger partial charge on any atom is 0.258 e. The van der Waals surface area contributed by atoms with Crippen LogP contribution in [0.1, 0.15) is 17.5 Å². The molecule has 1 aliphatic heterocycles. The van der Waals surface area contributed by atoms with Crippen molar-refractivity contribution in [3.8, 4) is 11.4 Å². The molecule has 0 saturated carbocycles. The molecule has 0 unspecified atom stereocenters. The monoisotopic (exact) mass is 394 g/mol. The van der Waals surface area contributed by atoms with Gasteiger partial charge in [0.15, 0.2) is 0 Å². The summed E-state index contributed by atoms with van der Waals surface area (Å²) >= 11 is 0. The second kappa shape index (κ2) is 9.03. The molecule has 29 heavy (non-hydrogen) atoms. The normalized spacial score (nSPS) is 16.1. The van der Waals surface area contributed by atoms with Crippen LogP contribution in [0, 0.1) is 5.82 Å². The van der Waals surface area contributed by atoms with E-state index in [0.29, 0.717) is 12.4 Å². The maximum absolute atomic E-state index is 13.0. The van der Waals surface area contributed by atoms with E-state index in [2.05, 4.69) is 5.32 Å². The Bertz CT molecular complexity index is 994. The molecule has 6 heteroatoms. The van der Waals surface area contributed by atoms with E-state index in [1.807, 2.05) is 24.3 Å². The molecule has 5 nitrogen and oxygen atoms in total. The van der Waals surface area contributed by atoms with Gasteiger partial charge in [0.2, 0.25) is 0 Å². The number of pyridine rings is 1. The Balaban J connectivity index is 1.38. The van der Waals surface area contributed by atoms with Gasteiger partial charge < -0.3 is 14.8 Å². The van der Waals surface area contributed by atoms with Crippen LogP contribution in [0.4, 0.5) is 4.39 Å². The van der Waals surface area contributed by atoms with E-state index in [-0.39, 0.29) is 24.1 Å². The van der Waals surface area contributed by atoms with Crippen molar-refractivity contribution in [3.05, 3.63) is 94.2 Å². The first-order valence-electron chi connectivity index (χ1n) is 9.69. The minimum absolute atomic E-state index is 0.178. The fourth-order valence-corrected chi connectivity index (χ4v) is 3.25. The molecule has 1 N–H and O–H groups in total. The molecule has 1 fully saturated rings. The molecular formula is C23H23FN2O3. The van der Waals surface area contributed by atoms with Crippen molar-refractivity contribution in [2.75, 3.05) is 13.1 Å². The Kier molecular flexibility index (Phi) is 6.03. The van der Waals surface area contributed by atoms with Gasteiger partial charge in [0.05, 0.1) is 12.7 Å². The van der Waals surface area contributed by atoms with Gasteiger partial charge in [-0.2, -0.15) is 0 Å². The molecule has 0 radical (unpaired) electrons. The Morgan fingerprint density at radius 3 is 2.41 bits per heavy atom. The fourth-order valence-electron chi connectivity index (χ4n) is 3.25. The summed E-state index contributed by atoms with van der Waals surface area (Å²) in [5, 5.41) is 3.28. The number of rotatable bonds is 7. The minimum Gasteiger partial charge on any atom is -0.489 e. The van der Waals surface area contributed by atoms with Crippen LogP contribution in [-0.2, 0) is 18.0 Å². The van der Waals surface area contributed by atoms with Crippen molar-refractivity contribution in [2.45, 2.75) is 25.7 Å². The lowest BCUT2D eigenvalue weighted by Crippen LogP contribution is -2.17. The standard InChI is InChI=1S/C23H23FN2O3/c24-19-5-1-17(2-6-19)15-28-21-10-12-26(23(27)13-21)20-7-3-18(4-8-20)16-29-22-9-11-25-14-22/h1-8,10,12-13,22,25H,9,11,14-16H2/t22-/m1/s1. The third-order valence-corrected chi connectivity index (χ3v) is 4.93. The summed E-state index contributed by atoms with van der Waals surface area (Å²) in [6.07, 6.45) is 3.01. The second-order valence-electron chi connectivity index (χ2n) is 7.08. The summed E-state index contributed by atoms with van der Waals surface area (Å²) in [5.74, 6) is 0.190. The van der Waals surface area contributed by atoms with Gasteiger partial charge >= 0.3 is 0 Å². The van der Waals surface area contributed by atoms with E-state index in [9.17, 15) is 9.18 Å². The molecule has 2 aromatic carbocycles. The topological polar surface area (TPSA) is 52.5 Å². The molecule has 0 spiro atoms. The highest BCUT2D eigenvalue weighted by Crippen LogP contribution is 2.15. The second-order valence-corrected chi connectivity index (χ2v) is 7.08. The number of nitrogens with zero attached hydrogens (tertiary/aromatic N) is 1. The number of ether oxygens (including phenoxy) is 2. The summed E-state index contributed by atoms with van der Waals surface area (Å²) < 4.78 is 26.0. The first-order chi connectivity index (χ1) is 14.2. The molecule has 4 rings (SSSR count). The molecule has 150 valence electrons. The predicted molar refractivity (Wildman–Crippen MR) is 109 cm³/mol. The van der Waals surface area contributed by atoms with E-state index in [1.165, 1.54) is 18.2 Å². The van der Waals surface area contributed by atoms with Gasteiger partial charge in [-0.3, -0.25) is 9.36 Å². The van der Waals surface area contributed by atoms with Crippen molar-refractivity contribution in [1.82, 2.24) is 9.88 Å². The summed E-state index contributed by atoms with van der Waals surface area (Å²) in [7, 11) is 0. The smallest absolute Gasteiger partial charge is 0.258 e. The number of benzene rings is 2.